The molecule has 2 aromatic heterocycles. The minimum atomic E-state index is -0.362. The van der Waals surface area contributed by atoms with E-state index in [0.717, 1.165) is 35.1 Å². The maximum Gasteiger partial charge on any atom is 0.293 e. The first-order chi connectivity index (χ1) is 15.6. The van der Waals surface area contributed by atoms with Gasteiger partial charge in [-0.2, -0.15) is 0 Å². The molecule has 2 aliphatic rings. The molecule has 12 heteroatoms. The number of pyridine rings is 1. The zero-order valence-electron chi connectivity index (χ0n) is 17.3. The van der Waals surface area contributed by atoms with E-state index < -0.39 is 0 Å². The lowest BCUT2D eigenvalue weighted by Crippen LogP contribution is -2.37. The highest BCUT2D eigenvalue weighted by Crippen LogP contribution is 2.32. The van der Waals surface area contributed by atoms with Crippen LogP contribution in [0.5, 0.6) is 0 Å². The van der Waals surface area contributed by atoms with E-state index in [9.17, 15) is 14.4 Å². The van der Waals surface area contributed by atoms with E-state index in [1.165, 1.54) is 31.0 Å². The zero-order chi connectivity index (χ0) is 22.3. The third kappa shape index (κ3) is 5.54. The first-order valence-electron chi connectivity index (χ1n) is 10.4. The Hall–Kier alpha value is -2.73. The van der Waals surface area contributed by atoms with Gasteiger partial charge in [0, 0.05) is 25.5 Å². The average Bonchev–Trinajstić information content (AvgIpc) is 3.39. The van der Waals surface area contributed by atoms with Gasteiger partial charge in [0.25, 0.3) is 11.1 Å². The van der Waals surface area contributed by atoms with E-state index in [-0.39, 0.29) is 35.9 Å². The Morgan fingerprint density at radius 2 is 2.12 bits per heavy atom. The summed E-state index contributed by atoms with van der Waals surface area (Å²) in [5.74, 6) is -0.402. The summed E-state index contributed by atoms with van der Waals surface area (Å²) < 4.78 is 1.83. The molecule has 0 spiro atoms. The predicted octanol–water partition coefficient (Wildman–Crippen LogP) is 2.52. The van der Waals surface area contributed by atoms with Crippen LogP contribution in [0.3, 0.4) is 0 Å². The lowest BCUT2D eigenvalue weighted by molar-refractivity contribution is -0.123. The summed E-state index contributed by atoms with van der Waals surface area (Å²) >= 11 is 2.18. The van der Waals surface area contributed by atoms with Gasteiger partial charge in [0.1, 0.15) is 0 Å². The number of thioether (sulfide) groups is 2. The second kappa shape index (κ2) is 10.7. The standard InChI is InChI=1S/C20H23N7O3S2/c28-17(13-31-19-23-24-25-27(19)15-6-2-1-3-7-15)22-9-10-26-18(29)16(32-20(26)30)11-14-5-4-8-21-12-14/h4-5,8,11-12,15H,1-3,6-7,9-10,13H2,(H,22,28)/b16-11-. The Kier molecular flexibility index (Phi) is 7.53. The number of aromatic nitrogens is 5. The highest BCUT2D eigenvalue weighted by atomic mass is 32.2. The number of imide groups is 1. The SMILES string of the molecule is O=C(CSc1nnnn1C1CCCCC1)NCCN1C(=O)S/C(=C\c2cccnc2)C1=O. The number of hydrogen-bond donors (Lipinski definition) is 1. The molecule has 1 N–H and O–H groups in total. The largest absolute Gasteiger partial charge is 0.354 e. The number of rotatable bonds is 8. The Morgan fingerprint density at radius 3 is 2.91 bits per heavy atom. The summed E-state index contributed by atoms with van der Waals surface area (Å²) in [6.45, 7) is 0.302. The van der Waals surface area contributed by atoms with Gasteiger partial charge < -0.3 is 5.32 Å². The molecule has 3 amide bonds. The Bertz CT molecular complexity index is 1010. The van der Waals surface area contributed by atoms with Crippen LogP contribution in [-0.2, 0) is 9.59 Å². The Balaban J connectivity index is 1.23. The molecule has 1 aliphatic carbocycles. The van der Waals surface area contributed by atoms with Crippen LogP contribution in [0.1, 0.15) is 43.7 Å². The van der Waals surface area contributed by atoms with Gasteiger partial charge in [0.15, 0.2) is 0 Å². The van der Waals surface area contributed by atoms with E-state index in [0.29, 0.717) is 16.1 Å². The minimum absolute atomic E-state index is 0.116. The van der Waals surface area contributed by atoms with Crippen molar-refractivity contribution in [1.29, 1.82) is 0 Å². The van der Waals surface area contributed by atoms with Gasteiger partial charge in [-0.3, -0.25) is 24.3 Å². The number of tetrazole rings is 1. The molecule has 1 saturated heterocycles. The molecule has 10 nitrogen and oxygen atoms in total. The Labute approximate surface area is 193 Å². The fourth-order valence-electron chi connectivity index (χ4n) is 3.63. The van der Waals surface area contributed by atoms with Crippen LogP contribution in [-0.4, -0.2) is 66.0 Å². The molecule has 0 bridgehead atoms. The van der Waals surface area contributed by atoms with Crippen LogP contribution >= 0.6 is 23.5 Å². The molecular weight excluding hydrogens is 450 g/mol. The second-order valence-corrected chi connectivity index (χ2v) is 9.39. The van der Waals surface area contributed by atoms with Crippen LogP contribution in [0, 0.1) is 0 Å². The van der Waals surface area contributed by atoms with Crippen LogP contribution in [0.4, 0.5) is 4.79 Å². The molecular formula is C20H23N7O3S2. The van der Waals surface area contributed by atoms with Gasteiger partial charge >= 0.3 is 0 Å². The Morgan fingerprint density at radius 1 is 1.28 bits per heavy atom. The summed E-state index contributed by atoms with van der Waals surface area (Å²) in [7, 11) is 0. The molecule has 3 heterocycles. The van der Waals surface area contributed by atoms with Crippen molar-refractivity contribution in [2.45, 2.75) is 43.3 Å². The van der Waals surface area contributed by atoms with Crippen molar-refractivity contribution < 1.29 is 14.4 Å². The first-order valence-corrected chi connectivity index (χ1v) is 12.2. The van der Waals surface area contributed by atoms with Gasteiger partial charge in [0.05, 0.1) is 16.7 Å². The maximum atomic E-state index is 12.5. The highest BCUT2D eigenvalue weighted by molar-refractivity contribution is 8.18. The van der Waals surface area contributed by atoms with Crippen LogP contribution in [0.2, 0.25) is 0 Å². The lowest BCUT2D eigenvalue weighted by Gasteiger charge is -2.21. The van der Waals surface area contributed by atoms with Gasteiger partial charge in [-0.1, -0.05) is 37.1 Å². The molecule has 0 aromatic carbocycles. The van der Waals surface area contributed by atoms with E-state index in [4.69, 9.17) is 0 Å². The van der Waals surface area contributed by atoms with Crippen molar-refractivity contribution in [3.05, 3.63) is 35.0 Å². The van der Waals surface area contributed by atoms with Crippen LogP contribution in [0.25, 0.3) is 6.08 Å². The quantitative estimate of drug-likeness (QED) is 0.455. The van der Waals surface area contributed by atoms with E-state index >= 15 is 0 Å². The number of nitrogens with one attached hydrogen (secondary N) is 1. The molecule has 32 heavy (non-hydrogen) atoms. The summed E-state index contributed by atoms with van der Waals surface area (Å²) in [6.07, 6.45) is 10.6. The van der Waals surface area contributed by atoms with Gasteiger partial charge in [0.2, 0.25) is 11.1 Å². The number of hydrogen-bond acceptors (Lipinski definition) is 9. The van der Waals surface area contributed by atoms with E-state index in [1.54, 1.807) is 24.5 Å². The number of carbonyl (C=O) groups is 3. The number of nitrogens with zero attached hydrogens (tertiary/aromatic N) is 6. The molecule has 2 aromatic rings. The average molecular weight is 474 g/mol. The summed E-state index contributed by atoms with van der Waals surface area (Å²) in [4.78, 5) is 42.5. The fraction of sp³-hybridized carbons (Fsp3) is 0.450. The van der Waals surface area contributed by atoms with Crippen molar-refractivity contribution in [3.8, 4) is 0 Å². The maximum absolute atomic E-state index is 12.5. The van der Waals surface area contributed by atoms with Crippen molar-refractivity contribution in [2.24, 2.45) is 0 Å². The third-order valence-corrected chi connectivity index (χ3v) is 7.07. The molecule has 168 valence electrons. The van der Waals surface area contributed by atoms with Crippen molar-refractivity contribution >= 4 is 46.7 Å². The molecule has 4 rings (SSSR count). The summed E-state index contributed by atoms with van der Waals surface area (Å²) in [5, 5.41) is 14.9. The smallest absolute Gasteiger partial charge is 0.293 e. The van der Waals surface area contributed by atoms with Crippen molar-refractivity contribution in [1.82, 2.24) is 35.4 Å². The van der Waals surface area contributed by atoms with E-state index in [2.05, 4.69) is 25.8 Å². The molecule has 1 aliphatic heterocycles. The van der Waals surface area contributed by atoms with Gasteiger partial charge in [-0.25, -0.2) is 4.68 Å². The van der Waals surface area contributed by atoms with Crippen LogP contribution in [0.15, 0.2) is 34.6 Å². The molecule has 0 unspecified atom stereocenters. The van der Waals surface area contributed by atoms with Crippen molar-refractivity contribution in [2.75, 3.05) is 18.8 Å². The molecule has 0 atom stereocenters. The monoisotopic (exact) mass is 473 g/mol. The zero-order valence-corrected chi connectivity index (χ0v) is 19.0. The van der Waals surface area contributed by atoms with Gasteiger partial charge in [-0.05, 0) is 52.7 Å². The van der Waals surface area contributed by atoms with Gasteiger partial charge in [-0.15, -0.1) is 5.10 Å². The fourth-order valence-corrected chi connectivity index (χ4v) is 5.27. The molecule has 1 saturated carbocycles. The lowest BCUT2D eigenvalue weighted by atomic mass is 9.96. The predicted molar refractivity (Wildman–Crippen MR) is 121 cm³/mol. The topological polar surface area (TPSA) is 123 Å². The number of carbonyl (C=O) groups excluding carboxylic acids is 3. The second-order valence-electron chi connectivity index (χ2n) is 7.46. The van der Waals surface area contributed by atoms with E-state index in [1.807, 2.05) is 10.7 Å². The minimum Gasteiger partial charge on any atom is -0.354 e. The highest BCUT2D eigenvalue weighted by Gasteiger charge is 2.34. The van der Waals surface area contributed by atoms with Crippen LogP contribution < -0.4 is 5.32 Å². The summed E-state index contributed by atoms with van der Waals surface area (Å²) in [6, 6.07) is 3.86. The third-order valence-electron chi connectivity index (χ3n) is 5.23. The molecule has 2 fully saturated rings. The summed E-state index contributed by atoms with van der Waals surface area (Å²) in [5.41, 5.74) is 0.749. The van der Waals surface area contributed by atoms with Crippen molar-refractivity contribution in [3.63, 3.8) is 0 Å². The molecule has 0 radical (unpaired) electrons. The normalized spacial score (nSPS) is 18.5. The number of amides is 3. The first kappa shape index (κ1) is 22.5.